The molecule has 1 aliphatic carbocycles. The summed E-state index contributed by atoms with van der Waals surface area (Å²) in [4.78, 5) is 0. The molecule has 0 saturated heterocycles. The molecule has 0 atom stereocenters. The predicted octanol–water partition coefficient (Wildman–Crippen LogP) is 3.75. The zero-order valence-corrected chi connectivity index (χ0v) is 7.82. The van der Waals surface area contributed by atoms with E-state index in [4.69, 9.17) is 0 Å². The predicted molar refractivity (Wildman–Crippen MR) is 58.2 cm³/mol. The van der Waals surface area contributed by atoms with Crippen LogP contribution in [0, 0.1) is 6.08 Å². The average Bonchev–Trinajstić information content (AvgIpc) is 2.18. The molecular weight excluding hydrogens is 156 g/mol. The standard InChI is InChI=1S/C13H15/c1-2-4-6-8-10-12-13-11-9-7-5-3-1/h1-7,12-13H,8,10-11H2/b2-1+,5-3-,6-4-,9-7?,13-12+. The van der Waals surface area contributed by atoms with Crippen molar-refractivity contribution in [3.05, 3.63) is 60.8 Å². The Hall–Kier alpha value is -1.30. The van der Waals surface area contributed by atoms with E-state index >= 15 is 0 Å². The minimum atomic E-state index is 0.914. The van der Waals surface area contributed by atoms with Crippen molar-refractivity contribution in [1.29, 1.82) is 0 Å². The zero-order chi connectivity index (χ0) is 9.19. The maximum absolute atomic E-state index is 3.17. The minimum absolute atomic E-state index is 0.914. The first-order valence-corrected chi connectivity index (χ1v) is 4.70. The first-order valence-electron chi connectivity index (χ1n) is 4.70. The Bertz CT molecular complexity index is 249. The Morgan fingerprint density at radius 2 is 1.46 bits per heavy atom. The summed E-state index contributed by atoms with van der Waals surface area (Å²) >= 11 is 0. The highest BCUT2D eigenvalue weighted by atomic mass is 13.8. The SMILES string of the molecule is [C]1=C/C=C\C=C\C=C/CC/C=C/C/1. The Morgan fingerprint density at radius 3 is 2.46 bits per heavy atom. The van der Waals surface area contributed by atoms with Gasteiger partial charge in [-0.1, -0.05) is 54.7 Å². The molecule has 0 N–H and O–H groups in total. The summed E-state index contributed by atoms with van der Waals surface area (Å²) in [5, 5.41) is 0. The lowest BCUT2D eigenvalue weighted by atomic mass is 10.2. The summed E-state index contributed by atoms with van der Waals surface area (Å²) in [6.07, 6.45) is 25.0. The van der Waals surface area contributed by atoms with Crippen molar-refractivity contribution in [2.45, 2.75) is 19.3 Å². The molecule has 0 amide bonds. The molecule has 0 fully saturated rings. The van der Waals surface area contributed by atoms with Gasteiger partial charge in [0.15, 0.2) is 0 Å². The molecule has 0 saturated carbocycles. The van der Waals surface area contributed by atoms with Crippen LogP contribution in [-0.4, -0.2) is 0 Å². The fourth-order valence-corrected chi connectivity index (χ4v) is 1.02. The number of hydrogen-bond acceptors (Lipinski definition) is 0. The van der Waals surface area contributed by atoms with Crippen molar-refractivity contribution < 1.29 is 0 Å². The van der Waals surface area contributed by atoms with E-state index in [1.54, 1.807) is 0 Å². The molecule has 0 aromatic rings. The molecule has 0 nitrogen and oxygen atoms in total. The van der Waals surface area contributed by atoms with Crippen LogP contribution in [0.3, 0.4) is 0 Å². The Labute approximate surface area is 80.7 Å². The third kappa shape index (κ3) is 5.92. The van der Waals surface area contributed by atoms with E-state index in [-0.39, 0.29) is 0 Å². The van der Waals surface area contributed by atoms with Gasteiger partial charge >= 0.3 is 0 Å². The van der Waals surface area contributed by atoms with E-state index in [9.17, 15) is 0 Å². The molecule has 67 valence electrons. The van der Waals surface area contributed by atoms with Crippen molar-refractivity contribution in [3.8, 4) is 0 Å². The zero-order valence-electron chi connectivity index (χ0n) is 7.82. The summed E-state index contributed by atoms with van der Waals surface area (Å²) in [6, 6.07) is 0. The van der Waals surface area contributed by atoms with Gasteiger partial charge in [0.05, 0.1) is 0 Å². The maximum Gasteiger partial charge on any atom is -0.00946 e. The number of rotatable bonds is 0. The van der Waals surface area contributed by atoms with Gasteiger partial charge in [-0.3, -0.25) is 0 Å². The van der Waals surface area contributed by atoms with Crippen molar-refractivity contribution in [1.82, 2.24) is 0 Å². The van der Waals surface area contributed by atoms with Gasteiger partial charge in [0.25, 0.3) is 0 Å². The summed E-state index contributed by atoms with van der Waals surface area (Å²) in [6.45, 7) is 0. The van der Waals surface area contributed by atoms with E-state index in [1.165, 1.54) is 0 Å². The molecule has 0 spiro atoms. The van der Waals surface area contributed by atoms with E-state index in [1.807, 2.05) is 30.4 Å². The summed E-state index contributed by atoms with van der Waals surface area (Å²) in [5.41, 5.74) is 0. The summed E-state index contributed by atoms with van der Waals surface area (Å²) in [7, 11) is 0. The molecule has 0 heterocycles. The van der Waals surface area contributed by atoms with Crippen LogP contribution < -0.4 is 0 Å². The van der Waals surface area contributed by atoms with Crippen LogP contribution in [-0.2, 0) is 0 Å². The lowest BCUT2D eigenvalue weighted by Gasteiger charge is -1.84. The second kappa shape index (κ2) is 7.35. The smallest absolute Gasteiger partial charge is 0.00946 e. The average molecular weight is 171 g/mol. The van der Waals surface area contributed by atoms with Crippen molar-refractivity contribution in [3.63, 3.8) is 0 Å². The molecule has 0 aromatic carbocycles. The quantitative estimate of drug-likeness (QED) is 0.487. The number of allylic oxidation sites excluding steroid dienone is 10. The molecular formula is C13H15. The Kier molecular flexibility index (Phi) is 5.54. The molecule has 1 rings (SSSR count). The fourth-order valence-electron chi connectivity index (χ4n) is 1.02. The van der Waals surface area contributed by atoms with Crippen molar-refractivity contribution in [2.24, 2.45) is 0 Å². The van der Waals surface area contributed by atoms with Gasteiger partial charge < -0.3 is 0 Å². The molecule has 0 aromatic heterocycles. The third-order valence-corrected chi connectivity index (χ3v) is 1.70. The van der Waals surface area contributed by atoms with Crippen LogP contribution in [0.25, 0.3) is 0 Å². The van der Waals surface area contributed by atoms with Gasteiger partial charge in [-0.05, 0) is 25.3 Å². The monoisotopic (exact) mass is 171 g/mol. The van der Waals surface area contributed by atoms with E-state index in [0.717, 1.165) is 19.3 Å². The van der Waals surface area contributed by atoms with Crippen LogP contribution in [0.1, 0.15) is 19.3 Å². The van der Waals surface area contributed by atoms with Gasteiger partial charge in [0.1, 0.15) is 0 Å². The van der Waals surface area contributed by atoms with Gasteiger partial charge in [0, 0.05) is 0 Å². The molecule has 0 unspecified atom stereocenters. The lowest BCUT2D eigenvalue weighted by molar-refractivity contribution is 1.04. The highest BCUT2D eigenvalue weighted by Crippen LogP contribution is 1.96. The normalized spacial score (nSPS) is 30.2. The number of hydrogen-bond donors (Lipinski definition) is 0. The summed E-state index contributed by atoms with van der Waals surface area (Å²) in [5.74, 6) is 0. The van der Waals surface area contributed by atoms with Crippen molar-refractivity contribution in [2.75, 3.05) is 0 Å². The topological polar surface area (TPSA) is 0 Å². The third-order valence-electron chi connectivity index (χ3n) is 1.70. The molecule has 1 radical (unpaired) electrons. The molecule has 0 bridgehead atoms. The van der Waals surface area contributed by atoms with Gasteiger partial charge in [-0.25, -0.2) is 0 Å². The molecule has 0 aliphatic heterocycles. The highest BCUT2D eigenvalue weighted by Gasteiger charge is 1.76. The van der Waals surface area contributed by atoms with E-state index in [0.29, 0.717) is 0 Å². The minimum Gasteiger partial charge on any atom is -0.0879 e. The Morgan fingerprint density at radius 1 is 0.692 bits per heavy atom. The fraction of sp³-hybridized carbons (Fsp3) is 0.231. The maximum atomic E-state index is 3.17. The van der Waals surface area contributed by atoms with E-state index in [2.05, 4.69) is 30.4 Å². The highest BCUT2D eigenvalue weighted by molar-refractivity contribution is 5.15. The second-order valence-electron chi connectivity index (χ2n) is 2.82. The summed E-state index contributed by atoms with van der Waals surface area (Å²) < 4.78 is 0. The van der Waals surface area contributed by atoms with E-state index < -0.39 is 0 Å². The van der Waals surface area contributed by atoms with Crippen molar-refractivity contribution >= 4 is 0 Å². The van der Waals surface area contributed by atoms with Crippen LogP contribution in [0.15, 0.2) is 54.7 Å². The largest absolute Gasteiger partial charge is 0.0879 e. The van der Waals surface area contributed by atoms with Crippen LogP contribution in [0.4, 0.5) is 0 Å². The van der Waals surface area contributed by atoms with Crippen LogP contribution >= 0.6 is 0 Å². The van der Waals surface area contributed by atoms with Gasteiger partial charge in [0.2, 0.25) is 0 Å². The van der Waals surface area contributed by atoms with Gasteiger partial charge in [-0.15, -0.1) is 0 Å². The first-order chi connectivity index (χ1) is 6.50. The molecule has 1 aliphatic rings. The first kappa shape index (κ1) is 9.79. The molecule has 0 heteroatoms. The van der Waals surface area contributed by atoms with Crippen LogP contribution in [0.2, 0.25) is 0 Å². The van der Waals surface area contributed by atoms with Gasteiger partial charge in [-0.2, -0.15) is 0 Å². The second-order valence-corrected chi connectivity index (χ2v) is 2.82. The lowest BCUT2D eigenvalue weighted by Crippen LogP contribution is -1.64. The Balaban J connectivity index is 2.50. The van der Waals surface area contributed by atoms with Crippen LogP contribution in [0.5, 0.6) is 0 Å². The molecule has 13 heavy (non-hydrogen) atoms.